The number of nitrogens with one attached hydrogen (secondary N) is 1. The number of phenols is 1. The van der Waals surface area contributed by atoms with E-state index < -0.39 is 6.04 Å². The van der Waals surface area contributed by atoms with E-state index >= 15 is 0 Å². The topological polar surface area (TPSA) is 93.2 Å². The molecule has 3 aliphatic heterocycles. The summed E-state index contributed by atoms with van der Waals surface area (Å²) in [5.74, 6) is 1.45. The Hall–Kier alpha value is -4.95. The molecule has 8 heteroatoms. The van der Waals surface area contributed by atoms with Crippen molar-refractivity contribution < 1.29 is 19.5 Å². The summed E-state index contributed by atoms with van der Waals surface area (Å²) in [5.41, 5.74) is 11.3. The van der Waals surface area contributed by atoms with Gasteiger partial charge in [0.15, 0.2) is 0 Å². The van der Waals surface area contributed by atoms with E-state index in [1.165, 1.54) is 45.5 Å². The average Bonchev–Trinajstić information content (AvgIpc) is 3.89. The third-order valence-electron chi connectivity index (χ3n) is 13.2. The van der Waals surface area contributed by atoms with Crippen LogP contribution in [0.5, 0.6) is 5.75 Å². The second-order valence-corrected chi connectivity index (χ2v) is 16.8. The second kappa shape index (κ2) is 14.0. The van der Waals surface area contributed by atoms with Crippen molar-refractivity contribution in [2.45, 2.75) is 69.4 Å². The standard InChI is InChI=1S/C46H50N4O4/c1-47-43(53)16-12-38(27-51)50-26-36-19-34-22-46(23-35(34)21-42(36)45(50)54)28-48(29-46)24-30-17-18-49(25-30)37-10-7-32(8-11-37)44-40(31-5-3-2-4-6-31)14-9-33-20-39(52)13-15-41(33)44/h2-8,10-11,13,15,19-21,27,30,38,40,44,52H,9,12,14,16-18,22-26,28-29H2,1H3,(H,47,53). The molecule has 0 bridgehead atoms. The summed E-state index contributed by atoms with van der Waals surface area (Å²) in [6.45, 7) is 5.94. The van der Waals surface area contributed by atoms with Crippen molar-refractivity contribution in [3.63, 3.8) is 0 Å². The molecule has 4 atom stereocenters. The van der Waals surface area contributed by atoms with Crippen molar-refractivity contribution in [2.24, 2.45) is 11.3 Å². The van der Waals surface area contributed by atoms with Crippen LogP contribution >= 0.6 is 0 Å². The smallest absolute Gasteiger partial charge is 0.255 e. The first-order valence-electron chi connectivity index (χ1n) is 19.9. The summed E-state index contributed by atoms with van der Waals surface area (Å²) in [6, 6.07) is 29.9. The molecule has 4 aromatic carbocycles. The highest BCUT2D eigenvalue weighted by Crippen LogP contribution is 2.48. The maximum absolute atomic E-state index is 13.4. The Morgan fingerprint density at radius 3 is 2.46 bits per heavy atom. The first-order chi connectivity index (χ1) is 26.3. The monoisotopic (exact) mass is 722 g/mol. The van der Waals surface area contributed by atoms with Crippen LogP contribution in [-0.4, -0.2) is 78.8 Å². The van der Waals surface area contributed by atoms with E-state index in [-0.39, 0.29) is 29.6 Å². The highest BCUT2D eigenvalue weighted by Gasteiger charge is 2.48. The van der Waals surface area contributed by atoms with Crippen molar-refractivity contribution in [2.75, 3.05) is 44.7 Å². The molecule has 5 aliphatic rings. The van der Waals surface area contributed by atoms with Crippen LogP contribution < -0.4 is 10.2 Å². The number of aldehydes is 1. The number of rotatable bonds is 10. The van der Waals surface area contributed by atoms with Gasteiger partial charge < -0.3 is 29.9 Å². The fraction of sp³-hybridized carbons (Fsp3) is 0.413. The van der Waals surface area contributed by atoms with Gasteiger partial charge >= 0.3 is 0 Å². The fourth-order valence-corrected chi connectivity index (χ4v) is 10.7. The molecule has 2 N–H and O–H groups in total. The number of likely N-dealkylation sites (tertiary alicyclic amines) is 1. The molecule has 2 aliphatic carbocycles. The van der Waals surface area contributed by atoms with Gasteiger partial charge in [0.2, 0.25) is 5.91 Å². The predicted octanol–water partition coefficient (Wildman–Crippen LogP) is 6.23. The zero-order valence-corrected chi connectivity index (χ0v) is 31.2. The van der Waals surface area contributed by atoms with Crippen LogP contribution in [0.1, 0.15) is 86.8 Å². The Morgan fingerprint density at radius 1 is 0.926 bits per heavy atom. The predicted molar refractivity (Wildman–Crippen MR) is 210 cm³/mol. The number of aryl methyl sites for hydroxylation is 1. The largest absolute Gasteiger partial charge is 0.508 e. The molecule has 8 nitrogen and oxygen atoms in total. The average molecular weight is 723 g/mol. The molecule has 54 heavy (non-hydrogen) atoms. The summed E-state index contributed by atoms with van der Waals surface area (Å²) < 4.78 is 0. The van der Waals surface area contributed by atoms with E-state index in [4.69, 9.17) is 0 Å². The fourth-order valence-electron chi connectivity index (χ4n) is 10.7. The molecule has 4 aromatic rings. The van der Waals surface area contributed by atoms with Crippen LogP contribution in [0, 0.1) is 11.3 Å². The number of carbonyl (C=O) groups is 3. The quantitative estimate of drug-likeness (QED) is 0.189. The van der Waals surface area contributed by atoms with E-state index in [1.807, 2.05) is 12.1 Å². The number of nitrogens with zero attached hydrogens (tertiary/aromatic N) is 3. The molecule has 2 fully saturated rings. The van der Waals surface area contributed by atoms with Gasteiger partial charge in [-0.1, -0.05) is 54.6 Å². The Bertz CT molecular complexity index is 2070. The highest BCUT2D eigenvalue weighted by atomic mass is 16.3. The zero-order chi connectivity index (χ0) is 37.0. The summed E-state index contributed by atoms with van der Waals surface area (Å²) in [6.07, 6.45) is 6.68. The Labute approximate surface area is 318 Å². The van der Waals surface area contributed by atoms with Gasteiger partial charge in [0, 0.05) is 75.3 Å². The molecule has 4 unspecified atom stereocenters. The van der Waals surface area contributed by atoms with Crippen molar-refractivity contribution >= 4 is 23.8 Å². The number of aromatic hydroxyl groups is 1. The van der Waals surface area contributed by atoms with Crippen LogP contribution in [0.4, 0.5) is 5.69 Å². The van der Waals surface area contributed by atoms with E-state index in [0.717, 1.165) is 75.8 Å². The number of amides is 2. The van der Waals surface area contributed by atoms with Crippen molar-refractivity contribution in [3.8, 4) is 5.75 Å². The molecular formula is C46H50N4O4. The minimum Gasteiger partial charge on any atom is -0.508 e. The number of fused-ring (bicyclic) bond motifs is 3. The molecule has 0 saturated carbocycles. The molecular weight excluding hydrogens is 673 g/mol. The van der Waals surface area contributed by atoms with Crippen LogP contribution in [0.15, 0.2) is 84.9 Å². The number of carbonyl (C=O) groups excluding carboxylic acids is 3. The van der Waals surface area contributed by atoms with Gasteiger partial charge in [-0.2, -0.15) is 0 Å². The minimum atomic E-state index is -0.584. The number of hydrogen-bond donors (Lipinski definition) is 2. The molecule has 3 heterocycles. The van der Waals surface area contributed by atoms with Gasteiger partial charge in [-0.05, 0) is 120 Å². The first-order valence-corrected chi connectivity index (χ1v) is 19.9. The maximum atomic E-state index is 13.4. The molecule has 278 valence electrons. The van der Waals surface area contributed by atoms with Gasteiger partial charge in [-0.25, -0.2) is 0 Å². The van der Waals surface area contributed by atoms with Gasteiger partial charge in [0.05, 0.1) is 6.04 Å². The van der Waals surface area contributed by atoms with Gasteiger partial charge in [-0.3, -0.25) is 9.59 Å². The summed E-state index contributed by atoms with van der Waals surface area (Å²) >= 11 is 0. The van der Waals surface area contributed by atoms with E-state index in [1.54, 1.807) is 11.9 Å². The van der Waals surface area contributed by atoms with E-state index in [0.29, 0.717) is 30.6 Å². The molecule has 1 spiro atoms. The molecule has 0 aromatic heterocycles. The van der Waals surface area contributed by atoms with Crippen molar-refractivity contribution in [3.05, 3.63) is 129 Å². The summed E-state index contributed by atoms with van der Waals surface area (Å²) in [5, 5.41) is 12.8. The molecule has 2 saturated heterocycles. The third-order valence-corrected chi connectivity index (χ3v) is 13.2. The first kappa shape index (κ1) is 34.8. The third kappa shape index (κ3) is 6.38. The summed E-state index contributed by atoms with van der Waals surface area (Å²) in [4.78, 5) is 43.9. The Kier molecular flexibility index (Phi) is 9.04. The molecule has 2 amide bonds. The number of benzene rings is 4. The molecule has 9 rings (SSSR count). The number of anilines is 1. The van der Waals surface area contributed by atoms with Gasteiger partial charge in [0.25, 0.3) is 5.91 Å². The Balaban J connectivity index is 0.805. The lowest BCUT2D eigenvalue weighted by Gasteiger charge is -2.49. The van der Waals surface area contributed by atoms with Crippen LogP contribution in [0.3, 0.4) is 0 Å². The maximum Gasteiger partial charge on any atom is 0.255 e. The van der Waals surface area contributed by atoms with E-state index in [9.17, 15) is 19.5 Å². The molecule has 0 radical (unpaired) electrons. The van der Waals surface area contributed by atoms with Crippen LogP contribution in [-0.2, 0) is 35.4 Å². The Morgan fingerprint density at radius 2 is 1.70 bits per heavy atom. The van der Waals surface area contributed by atoms with Crippen LogP contribution in [0.2, 0.25) is 0 Å². The minimum absolute atomic E-state index is 0.0877. The van der Waals surface area contributed by atoms with Crippen LogP contribution in [0.25, 0.3) is 0 Å². The highest BCUT2D eigenvalue weighted by molar-refractivity contribution is 6.00. The number of phenolic OH excluding ortho intramolecular Hbond substituents is 1. The lowest BCUT2D eigenvalue weighted by Crippen LogP contribution is -2.58. The van der Waals surface area contributed by atoms with E-state index in [2.05, 4.69) is 87.9 Å². The number of hydrogen-bond acceptors (Lipinski definition) is 6. The summed E-state index contributed by atoms with van der Waals surface area (Å²) in [7, 11) is 1.58. The lowest BCUT2D eigenvalue weighted by molar-refractivity contribution is -0.121. The SMILES string of the molecule is CNC(=O)CCC(C=O)N1Cc2cc3c(cc2C1=O)CC1(C3)CN(CC2CCN(c3ccc(C4c5ccc(O)cc5CCC4c4ccccc4)cc3)C2)C1. The zero-order valence-electron chi connectivity index (χ0n) is 31.2. The lowest BCUT2D eigenvalue weighted by atomic mass is 9.69. The normalized spacial score (nSPS) is 23.1. The van der Waals surface area contributed by atoms with Gasteiger partial charge in [-0.15, -0.1) is 0 Å². The van der Waals surface area contributed by atoms with Crippen molar-refractivity contribution in [1.29, 1.82) is 0 Å². The van der Waals surface area contributed by atoms with Crippen molar-refractivity contribution in [1.82, 2.24) is 15.1 Å². The second-order valence-electron chi connectivity index (χ2n) is 16.8. The van der Waals surface area contributed by atoms with Gasteiger partial charge in [0.1, 0.15) is 12.0 Å².